The monoisotopic (exact) mass is 212 g/mol. The summed E-state index contributed by atoms with van der Waals surface area (Å²) in [5.41, 5.74) is 6.13. The Labute approximate surface area is 93.0 Å². The molecule has 2 unspecified atom stereocenters. The van der Waals surface area contributed by atoms with E-state index in [1.54, 1.807) is 0 Å². The van der Waals surface area contributed by atoms with Gasteiger partial charge in [0.25, 0.3) is 0 Å². The lowest BCUT2D eigenvalue weighted by atomic mass is 9.96. The van der Waals surface area contributed by atoms with Gasteiger partial charge in [-0.3, -0.25) is 4.90 Å². The minimum absolute atomic E-state index is 0.183. The lowest BCUT2D eigenvalue weighted by Crippen LogP contribution is -2.53. The van der Waals surface area contributed by atoms with E-state index in [1.165, 1.54) is 32.4 Å². The first kappa shape index (κ1) is 11.4. The standard InChI is InChI=1S/C12H24N2O/c1-2-3-11-4-6-14(8-11)12(9-13)5-7-15-10-12/h11H,2-10,13H2,1H3. The molecule has 0 aromatic rings. The van der Waals surface area contributed by atoms with Crippen molar-refractivity contribution < 1.29 is 4.74 Å². The molecule has 2 heterocycles. The summed E-state index contributed by atoms with van der Waals surface area (Å²) in [6.45, 7) is 7.25. The molecule has 0 amide bonds. The van der Waals surface area contributed by atoms with Crippen LogP contribution in [0.15, 0.2) is 0 Å². The van der Waals surface area contributed by atoms with Crippen molar-refractivity contribution in [2.24, 2.45) is 11.7 Å². The van der Waals surface area contributed by atoms with Gasteiger partial charge < -0.3 is 10.5 Å². The van der Waals surface area contributed by atoms with E-state index in [2.05, 4.69) is 11.8 Å². The van der Waals surface area contributed by atoms with E-state index in [0.29, 0.717) is 0 Å². The molecular formula is C12H24N2O. The molecule has 3 heteroatoms. The van der Waals surface area contributed by atoms with Gasteiger partial charge in [0.2, 0.25) is 0 Å². The van der Waals surface area contributed by atoms with Crippen LogP contribution in [0.5, 0.6) is 0 Å². The summed E-state index contributed by atoms with van der Waals surface area (Å²) in [6.07, 6.45) is 5.17. The Hall–Kier alpha value is -0.120. The maximum absolute atomic E-state index is 5.95. The highest BCUT2D eigenvalue weighted by Crippen LogP contribution is 2.32. The predicted molar refractivity (Wildman–Crippen MR) is 61.8 cm³/mol. The molecule has 15 heavy (non-hydrogen) atoms. The number of nitrogens with zero attached hydrogens (tertiary/aromatic N) is 1. The smallest absolute Gasteiger partial charge is 0.0663 e. The molecule has 2 atom stereocenters. The summed E-state index contributed by atoms with van der Waals surface area (Å²) in [7, 11) is 0. The summed E-state index contributed by atoms with van der Waals surface area (Å²) >= 11 is 0. The van der Waals surface area contributed by atoms with E-state index in [9.17, 15) is 0 Å². The Bertz CT molecular complexity index is 202. The molecule has 3 nitrogen and oxygen atoms in total. The molecule has 0 bridgehead atoms. The molecule has 0 aliphatic carbocycles. The quantitative estimate of drug-likeness (QED) is 0.761. The van der Waals surface area contributed by atoms with Crippen molar-refractivity contribution >= 4 is 0 Å². The van der Waals surface area contributed by atoms with Gasteiger partial charge in [-0.1, -0.05) is 13.3 Å². The minimum atomic E-state index is 0.183. The highest BCUT2D eigenvalue weighted by atomic mass is 16.5. The Kier molecular flexibility index (Phi) is 3.65. The van der Waals surface area contributed by atoms with E-state index >= 15 is 0 Å². The second kappa shape index (κ2) is 4.81. The van der Waals surface area contributed by atoms with E-state index in [0.717, 1.165) is 32.1 Å². The molecule has 2 N–H and O–H groups in total. The SMILES string of the molecule is CCCC1CCN(C2(CN)CCOC2)C1. The van der Waals surface area contributed by atoms with Gasteiger partial charge in [0, 0.05) is 19.7 Å². The van der Waals surface area contributed by atoms with Crippen molar-refractivity contribution in [2.45, 2.75) is 38.1 Å². The van der Waals surface area contributed by atoms with Crippen LogP contribution < -0.4 is 5.73 Å². The van der Waals surface area contributed by atoms with Gasteiger partial charge in [-0.05, 0) is 31.7 Å². The predicted octanol–water partition coefficient (Wildman–Crippen LogP) is 1.23. The third-order valence-electron chi connectivity index (χ3n) is 4.12. The van der Waals surface area contributed by atoms with Crippen LogP contribution in [0, 0.1) is 5.92 Å². The first-order valence-electron chi connectivity index (χ1n) is 6.33. The van der Waals surface area contributed by atoms with Crippen LogP contribution in [-0.4, -0.2) is 43.3 Å². The van der Waals surface area contributed by atoms with Crippen molar-refractivity contribution in [1.29, 1.82) is 0 Å². The molecular weight excluding hydrogens is 188 g/mol. The fraction of sp³-hybridized carbons (Fsp3) is 1.00. The zero-order chi connectivity index (χ0) is 10.7. The van der Waals surface area contributed by atoms with E-state index in [1.807, 2.05) is 0 Å². The van der Waals surface area contributed by atoms with E-state index in [-0.39, 0.29) is 5.54 Å². The molecule has 2 fully saturated rings. The normalized spacial score (nSPS) is 37.6. The van der Waals surface area contributed by atoms with Crippen molar-refractivity contribution in [3.63, 3.8) is 0 Å². The molecule has 0 spiro atoms. The van der Waals surface area contributed by atoms with Crippen LogP contribution in [0.3, 0.4) is 0 Å². The summed E-state index contributed by atoms with van der Waals surface area (Å²) in [6, 6.07) is 0. The van der Waals surface area contributed by atoms with Gasteiger partial charge in [0.15, 0.2) is 0 Å². The Morgan fingerprint density at radius 3 is 3.00 bits per heavy atom. The zero-order valence-electron chi connectivity index (χ0n) is 9.87. The van der Waals surface area contributed by atoms with Gasteiger partial charge in [-0.2, -0.15) is 0 Å². The molecule has 88 valence electrons. The topological polar surface area (TPSA) is 38.5 Å². The molecule has 0 radical (unpaired) electrons. The van der Waals surface area contributed by atoms with Crippen LogP contribution >= 0.6 is 0 Å². The number of rotatable bonds is 4. The van der Waals surface area contributed by atoms with Crippen LogP contribution in [0.1, 0.15) is 32.6 Å². The van der Waals surface area contributed by atoms with E-state index in [4.69, 9.17) is 10.5 Å². The second-order valence-electron chi connectivity index (χ2n) is 5.12. The number of hydrogen-bond acceptors (Lipinski definition) is 3. The Morgan fingerprint density at radius 2 is 2.40 bits per heavy atom. The average molecular weight is 212 g/mol. The van der Waals surface area contributed by atoms with Gasteiger partial charge in [0.1, 0.15) is 0 Å². The van der Waals surface area contributed by atoms with Gasteiger partial charge in [0.05, 0.1) is 12.1 Å². The lowest BCUT2D eigenvalue weighted by molar-refractivity contribution is 0.0887. The van der Waals surface area contributed by atoms with Crippen LogP contribution in [0.4, 0.5) is 0 Å². The third-order valence-corrected chi connectivity index (χ3v) is 4.12. The van der Waals surface area contributed by atoms with Gasteiger partial charge >= 0.3 is 0 Å². The number of hydrogen-bond donors (Lipinski definition) is 1. The molecule has 0 aromatic carbocycles. The van der Waals surface area contributed by atoms with Gasteiger partial charge in [-0.25, -0.2) is 0 Å². The Balaban J connectivity index is 1.93. The van der Waals surface area contributed by atoms with Crippen LogP contribution in [0.25, 0.3) is 0 Å². The minimum Gasteiger partial charge on any atom is -0.379 e. The highest BCUT2D eigenvalue weighted by molar-refractivity contribution is 4.98. The van der Waals surface area contributed by atoms with Crippen molar-refractivity contribution in [2.75, 3.05) is 32.8 Å². The largest absolute Gasteiger partial charge is 0.379 e. The van der Waals surface area contributed by atoms with Crippen LogP contribution in [0.2, 0.25) is 0 Å². The third kappa shape index (κ3) is 2.19. The van der Waals surface area contributed by atoms with Crippen molar-refractivity contribution in [3.8, 4) is 0 Å². The molecule has 2 aliphatic rings. The Morgan fingerprint density at radius 1 is 1.53 bits per heavy atom. The summed E-state index contributed by atoms with van der Waals surface area (Å²) in [4.78, 5) is 2.60. The first-order chi connectivity index (χ1) is 7.30. The highest BCUT2D eigenvalue weighted by Gasteiger charge is 2.42. The maximum atomic E-state index is 5.95. The molecule has 0 aromatic heterocycles. The zero-order valence-corrected chi connectivity index (χ0v) is 9.87. The summed E-state index contributed by atoms with van der Waals surface area (Å²) < 4.78 is 5.54. The molecule has 2 rings (SSSR count). The first-order valence-corrected chi connectivity index (χ1v) is 6.33. The average Bonchev–Trinajstić information content (AvgIpc) is 2.86. The lowest BCUT2D eigenvalue weighted by Gasteiger charge is -2.36. The molecule has 2 saturated heterocycles. The maximum Gasteiger partial charge on any atom is 0.0663 e. The fourth-order valence-corrected chi connectivity index (χ4v) is 3.04. The number of likely N-dealkylation sites (tertiary alicyclic amines) is 1. The number of ether oxygens (including phenoxy) is 1. The summed E-state index contributed by atoms with van der Waals surface area (Å²) in [5.74, 6) is 0.902. The number of nitrogens with two attached hydrogens (primary N) is 1. The fourth-order valence-electron chi connectivity index (χ4n) is 3.04. The van der Waals surface area contributed by atoms with Gasteiger partial charge in [-0.15, -0.1) is 0 Å². The molecule has 0 saturated carbocycles. The second-order valence-corrected chi connectivity index (χ2v) is 5.12. The van der Waals surface area contributed by atoms with E-state index < -0.39 is 0 Å². The van der Waals surface area contributed by atoms with Crippen molar-refractivity contribution in [3.05, 3.63) is 0 Å². The van der Waals surface area contributed by atoms with Crippen molar-refractivity contribution in [1.82, 2.24) is 4.90 Å². The van der Waals surface area contributed by atoms with Crippen LogP contribution in [-0.2, 0) is 4.74 Å². The summed E-state index contributed by atoms with van der Waals surface area (Å²) in [5, 5.41) is 0. The molecule has 2 aliphatic heterocycles.